The molecule has 25 heavy (non-hydrogen) atoms. The van der Waals surface area contributed by atoms with Gasteiger partial charge in [0, 0.05) is 11.9 Å². The maximum atomic E-state index is 12.1. The quantitative estimate of drug-likeness (QED) is 0.378. The molecule has 0 unspecified atom stereocenters. The lowest BCUT2D eigenvalue weighted by Crippen LogP contribution is -2.14. The molecule has 0 radical (unpaired) electrons. The van der Waals surface area contributed by atoms with Crippen LogP contribution in [-0.2, 0) is 4.79 Å². The molecule has 2 aromatic rings. The van der Waals surface area contributed by atoms with Gasteiger partial charge in [0.2, 0.25) is 0 Å². The molecule has 0 saturated heterocycles. The van der Waals surface area contributed by atoms with Crippen molar-refractivity contribution in [3.05, 3.63) is 65.4 Å². The lowest BCUT2D eigenvalue weighted by molar-refractivity contribution is -0.112. The number of phenols is 1. The number of nitrogens with one attached hydrogen (secondary N) is 2. The number of carbonyl (C=O) groups is 2. The number of carboxylic acids is 1. The lowest BCUT2D eigenvalue weighted by atomic mass is 10.2. The zero-order valence-corrected chi connectivity index (χ0v) is 13.3. The van der Waals surface area contributed by atoms with Crippen LogP contribution in [0.3, 0.4) is 0 Å². The number of aromatic carboxylic acids is 1. The van der Waals surface area contributed by atoms with Crippen molar-refractivity contribution in [2.75, 3.05) is 10.6 Å². The predicted octanol–water partition coefficient (Wildman–Crippen LogP) is 2.86. The molecular formula is C18H15N3O4. The SMILES string of the molecule is Cc1ccc(O)c(N/C=C(/C#N)C(=O)Nc2ccc(C(=O)O)cc2)c1. The number of nitriles is 1. The number of hydrogen-bond donors (Lipinski definition) is 4. The maximum Gasteiger partial charge on any atom is 0.335 e. The van der Waals surface area contributed by atoms with Gasteiger partial charge < -0.3 is 20.8 Å². The number of hydrogen-bond acceptors (Lipinski definition) is 5. The van der Waals surface area contributed by atoms with E-state index in [1.54, 1.807) is 18.2 Å². The molecule has 2 aromatic carbocycles. The molecule has 7 heteroatoms. The first-order chi connectivity index (χ1) is 11.9. The summed E-state index contributed by atoms with van der Waals surface area (Å²) >= 11 is 0. The smallest absolute Gasteiger partial charge is 0.335 e. The Kier molecular flexibility index (Phi) is 5.38. The third-order valence-electron chi connectivity index (χ3n) is 3.28. The highest BCUT2D eigenvalue weighted by Gasteiger charge is 2.10. The van der Waals surface area contributed by atoms with E-state index in [-0.39, 0.29) is 16.9 Å². The van der Waals surface area contributed by atoms with E-state index in [1.807, 2.05) is 6.92 Å². The molecule has 0 heterocycles. The van der Waals surface area contributed by atoms with Gasteiger partial charge in [-0.2, -0.15) is 5.26 Å². The van der Waals surface area contributed by atoms with Crippen LogP contribution in [0.25, 0.3) is 0 Å². The molecule has 0 spiro atoms. The Morgan fingerprint density at radius 1 is 1.16 bits per heavy atom. The van der Waals surface area contributed by atoms with Gasteiger partial charge in [-0.3, -0.25) is 4.79 Å². The highest BCUT2D eigenvalue weighted by Crippen LogP contribution is 2.24. The Labute approximate surface area is 143 Å². The summed E-state index contributed by atoms with van der Waals surface area (Å²) in [6.45, 7) is 1.84. The van der Waals surface area contributed by atoms with Crippen LogP contribution in [0.1, 0.15) is 15.9 Å². The second-order valence-corrected chi connectivity index (χ2v) is 5.17. The molecule has 0 saturated carbocycles. The number of carbonyl (C=O) groups excluding carboxylic acids is 1. The Morgan fingerprint density at radius 3 is 2.44 bits per heavy atom. The fourth-order valence-electron chi connectivity index (χ4n) is 1.96. The minimum atomic E-state index is -1.07. The number of benzene rings is 2. The van der Waals surface area contributed by atoms with Crippen molar-refractivity contribution in [2.45, 2.75) is 6.92 Å². The zero-order valence-electron chi connectivity index (χ0n) is 13.3. The van der Waals surface area contributed by atoms with E-state index in [9.17, 15) is 14.7 Å². The maximum absolute atomic E-state index is 12.1. The second kappa shape index (κ2) is 7.66. The van der Waals surface area contributed by atoms with E-state index in [0.717, 1.165) is 5.56 Å². The number of carboxylic acid groups (broad SMARTS) is 1. The number of aromatic hydroxyl groups is 1. The molecule has 7 nitrogen and oxygen atoms in total. The molecule has 1 amide bonds. The molecule has 2 rings (SSSR count). The summed E-state index contributed by atoms with van der Waals surface area (Å²) in [5.41, 5.74) is 1.50. The third kappa shape index (κ3) is 4.59. The molecule has 0 atom stereocenters. The fourth-order valence-corrected chi connectivity index (χ4v) is 1.96. The Morgan fingerprint density at radius 2 is 1.84 bits per heavy atom. The summed E-state index contributed by atoms with van der Waals surface area (Å²) in [7, 11) is 0. The van der Waals surface area contributed by atoms with Gasteiger partial charge in [-0.15, -0.1) is 0 Å². The van der Waals surface area contributed by atoms with E-state index < -0.39 is 11.9 Å². The predicted molar refractivity (Wildman–Crippen MR) is 92.2 cm³/mol. The minimum absolute atomic E-state index is 0.0104. The number of amides is 1. The van der Waals surface area contributed by atoms with Gasteiger partial charge in [-0.25, -0.2) is 4.79 Å². The van der Waals surface area contributed by atoms with Crippen LogP contribution in [0.5, 0.6) is 5.75 Å². The average Bonchev–Trinajstić information content (AvgIpc) is 2.58. The molecule has 126 valence electrons. The first-order valence-corrected chi connectivity index (χ1v) is 7.22. The number of anilines is 2. The van der Waals surface area contributed by atoms with Crippen molar-refractivity contribution in [3.8, 4) is 11.8 Å². The fraction of sp³-hybridized carbons (Fsp3) is 0.0556. The van der Waals surface area contributed by atoms with Crippen LogP contribution in [0.15, 0.2) is 54.2 Å². The van der Waals surface area contributed by atoms with Crippen molar-refractivity contribution in [2.24, 2.45) is 0 Å². The molecule has 0 aliphatic heterocycles. The van der Waals surface area contributed by atoms with Gasteiger partial charge in [0.05, 0.1) is 11.3 Å². The van der Waals surface area contributed by atoms with Crippen LogP contribution in [0.2, 0.25) is 0 Å². The summed E-state index contributed by atoms with van der Waals surface area (Å²) in [6, 6.07) is 12.2. The molecule has 0 aromatic heterocycles. The van der Waals surface area contributed by atoms with Gasteiger partial charge in [0.15, 0.2) is 0 Å². The van der Waals surface area contributed by atoms with Crippen LogP contribution in [0.4, 0.5) is 11.4 Å². The van der Waals surface area contributed by atoms with E-state index in [0.29, 0.717) is 11.4 Å². The standard InChI is InChI=1S/C18H15N3O4/c1-11-2-7-16(22)15(8-11)20-10-13(9-19)17(23)21-14-5-3-12(4-6-14)18(24)25/h2-8,10,20,22H,1H3,(H,21,23)(H,24,25)/b13-10-. The monoisotopic (exact) mass is 337 g/mol. The number of phenolic OH excluding ortho intramolecular Hbond substituents is 1. The highest BCUT2D eigenvalue weighted by atomic mass is 16.4. The molecular weight excluding hydrogens is 322 g/mol. The van der Waals surface area contributed by atoms with Crippen molar-refractivity contribution in [3.63, 3.8) is 0 Å². The summed E-state index contributed by atoms with van der Waals surface area (Å²) in [6.07, 6.45) is 1.19. The Bertz CT molecular complexity index is 880. The van der Waals surface area contributed by atoms with Crippen LogP contribution in [0, 0.1) is 18.3 Å². The van der Waals surface area contributed by atoms with Crippen molar-refractivity contribution < 1.29 is 19.8 Å². The highest BCUT2D eigenvalue weighted by molar-refractivity contribution is 6.06. The van der Waals surface area contributed by atoms with Crippen LogP contribution < -0.4 is 10.6 Å². The number of aryl methyl sites for hydroxylation is 1. The topological polar surface area (TPSA) is 122 Å². The van der Waals surface area contributed by atoms with Crippen molar-refractivity contribution >= 4 is 23.3 Å². The first-order valence-electron chi connectivity index (χ1n) is 7.22. The van der Waals surface area contributed by atoms with Gasteiger partial charge in [0.1, 0.15) is 17.4 Å². The van der Waals surface area contributed by atoms with Gasteiger partial charge >= 0.3 is 5.97 Å². The minimum Gasteiger partial charge on any atom is -0.506 e. The normalized spacial score (nSPS) is 10.6. The molecule has 0 aliphatic carbocycles. The Balaban J connectivity index is 2.11. The molecule has 0 bridgehead atoms. The lowest BCUT2D eigenvalue weighted by Gasteiger charge is -2.07. The van der Waals surface area contributed by atoms with E-state index in [1.165, 1.54) is 36.5 Å². The Hall–Kier alpha value is -3.79. The largest absolute Gasteiger partial charge is 0.506 e. The summed E-state index contributed by atoms with van der Waals surface area (Å²) in [4.78, 5) is 22.9. The van der Waals surface area contributed by atoms with Gasteiger partial charge in [-0.05, 0) is 48.9 Å². The first kappa shape index (κ1) is 17.6. The second-order valence-electron chi connectivity index (χ2n) is 5.17. The van der Waals surface area contributed by atoms with E-state index >= 15 is 0 Å². The summed E-state index contributed by atoms with van der Waals surface area (Å²) < 4.78 is 0. The molecule has 4 N–H and O–H groups in total. The van der Waals surface area contributed by atoms with E-state index in [4.69, 9.17) is 10.4 Å². The molecule has 0 fully saturated rings. The van der Waals surface area contributed by atoms with Crippen LogP contribution in [-0.4, -0.2) is 22.1 Å². The van der Waals surface area contributed by atoms with Crippen molar-refractivity contribution in [1.29, 1.82) is 5.26 Å². The van der Waals surface area contributed by atoms with Crippen LogP contribution >= 0.6 is 0 Å². The average molecular weight is 337 g/mol. The number of nitrogens with zero attached hydrogens (tertiary/aromatic N) is 1. The van der Waals surface area contributed by atoms with E-state index in [2.05, 4.69) is 10.6 Å². The van der Waals surface area contributed by atoms with Gasteiger partial charge in [0.25, 0.3) is 5.91 Å². The van der Waals surface area contributed by atoms with Gasteiger partial charge in [-0.1, -0.05) is 6.07 Å². The molecule has 0 aliphatic rings. The van der Waals surface area contributed by atoms with Crippen molar-refractivity contribution in [1.82, 2.24) is 0 Å². The summed E-state index contributed by atoms with van der Waals surface area (Å²) in [5, 5.41) is 32.9. The third-order valence-corrected chi connectivity index (χ3v) is 3.28. The number of rotatable bonds is 5. The zero-order chi connectivity index (χ0) is 18.4. The summed E-state index contributed by atoms with van der Waals surface area (Å²) in [5.74, 6) is -1.74.